The molecule has 1 heterocycles. The van der Waals surface area contributed by atoms with Gasteiger partial charge in [-0.05, 0) is 62.6 Å². The number of amides is 2. The van der Waals surface area contributed by atoms with Crippen molar-refractivity contribution in [3.05, 3.63) is 54.1 Å². The largest absolute Gasteiger partial charge is 0.494 e. The maximum atomic E-state index is 13.5. The number of sulfonamides is 1. The number of benzene rings is 2. The van der Waals surface area contributed by atoms with Crippen molar-refractivity contribution in [2.75, 3.05) is 11.9 Å². The third kappa shape index (κ3) is 8.10. The van der Waals surface area contributed by atoms with Crippen molar-refractivity contribution in [1.82, 2.24) is 4.90 Å². The van der Waals surface area contributed by atoms with E-state index in [1.807, 2.05) is 19.1 Å². The fraction of sp³-hybridized carbons (Fsp3) is 0.500. The van der Waals surface area contributed by atoms with Gasteiger partial charge in [-0.25, -0.2) is 0 Å². The number of rotatable bonds is 12. The molecule has 0 aromatic heterocycles. The highest BCUT2D eigenvalue weighted by molar-refractivity contribution is 8.16. The van der Waals surface area contributed by atoms with Crippen LogP contribution in [0.15, 0.2) is 57.8 Å². The Labute approximate surface area is 242 Å². The van der Waals surface area contributed by atoms with Crippen LogP contribution in [0.2, 0.25) is 0 Å². The number of nitrogens with one attached hydrogen (secondary N) is 1. The van der Waals surface area contributed by atoms with Crippen LogP contribution in [0, 0.1) is 6.92 Å². The van der Waals surface area contributed by atoms with Crippen LogP contribution in [0.1, 0.15) is 76.7 Å². The lowest BCUT2D eigenvalue weighted by Gasteiger charge is -2.30. The summed E-state index contributed by atoms with van der Waals surface area (Å²) in [6.45, 7) is 4.71. The zero-order valence-corrected chi connectivity index (χ0v) is 24.9. The van der Waals surface area contributed by atoms with Gasteiger partial charge in [-0.2, -0.15) is 8.42 Å². The Bertz CT molecular complexity index is 1290. The van der Waals surface area contributed by atoms with Crippen molar-refractivity contribution < 1.29 is 22.7 Å². The summed E-state index contributed by atoms with van der Waals surface area (Å²) < 4.78 is 36.1. The minimum absolute atomic E-state index is 0.0774. The fourth-order valence-electron chi connectivity index (χ4n) is 4.95. The third-order valence-electron chi connectivity index (χ3n) is 7.20. The average Bonchev–Trinajstić information content (AvgIpc) is 3.23. The molecule has 8 nitrogen and oxygen atoms in total. The minimum Gasteiger partial charge on any atom is -0.494 e. The van der Waals surface area contributed by atoms with Gasteiger partial charge in [-0.3, -0.25) is 14.5 Å². The first kappa shape index (κ1) is 30.1. The molecule has 1 aliphatic carbocycles. The minimum atomic E-state index is -4.01. The highest BCUT2D eigenvalue weighted by Crippen LogP contribution is 2.36. The first-order valence-electron chi connectivity index (χ1n) is 14.2. The summed E-state index contributed by atoms with van der Waals surface area (Å²) in [4.78, 5) is 28.1. The lowest BCUT2D eigenvalue weighted by Crippen LogP contribution is -2.42. The topological polar surface area (TPSA) is 105 Å². The number of aryl methyl sites for hydroxylation is 1. The van der Waals surface area contributed by atoms with Gasteiger partial charge in [0.25, 0.3) is 10.0 Å². The summed E-state index contributed by atoms with van der Waals surface area (Å²) >= 11 is 1.07. The van der Waals surface area contributed by atoms with Crippen LogP contribution in [-0.4, -0.2) is 48.2 Å². The van der Waals surface area contributed by atoms with E-state index in [0.29, 0.717) is 12.3 Å². The highest BCUT2D eigenvalue weighted by Gasteiger charge is 2.43. The van der Waals surface area contributed by atoms with Gasteiger partial charge in [0.1, 0.15) is 11.0 Å². The van der Waals surface area contributed by atoms with Crippen LogP contribution >= 0.6 is 11.8 Å². The molecule has 1 N–H and O–H groups in total. The van der Waals surface area contributed by atoms with Crippen molar-refractivity contribution in [2.24, 2.45) is 4.40 Å². The molecular formula is C30H39N3O5S2. The van der Waals surface area contributed by atoms with Crippen LogP contribution in [0.25, 0.3) is 0 Å². The molecule has 2 amide bonds. The van der Waals surface area contributed by atoms with Crippen molar-refractivity contribution in [1.29, 1.82) is 0 Å². The van der Waals surface area contributed by atoms with Crippen molar-refractivity contribution in [3.8, 4) is 5.75 Å². The molecule has 2 fully saturated rings. The molecule has 0 radical (unpaired) electrons. The smallest absolute Gasteiger partial charge is 0.284 e. The van der Waals surface area contributed by atoms with E-state index in [-0.39, 0.29) is 34.3 Å². The quantitative estimate of drug-likeness (QED) is 0.293. The molecule has 1 saturated carbocycles. The second kappa shape index (κ2) is 14.2. The number of carbonyl (C=O) groups excluding carboxylic acids is 2. The molecule has 2 aromatic rings. The zero-order chi connectivity index (χ0) is 28.5. The molecule has 2 aliphatic rings. The van der Waals surface area contributed by atoms with Crippen LogP contribution < -0.4 is 10.1 Å². The molecule has 0 spiro atoms. The van der Waals surface area contributed by atoms with Crippen molar-refractivity contribution in [3.63, 3.8) is 0 Å². The van der Waals surface area contributed by atoms with Crippen molar-refractivity contribution in [2.45, 2.75) is 94.2 Å². The molecule has 1 unspecified atom stereocenters. The van der Waals surface area contributed by atoms with E-state index in [9.17, 15) is 18.0 Å². The summed E-state index contributed by atoms with van der Waals surface area (Å²) in [6.07, 6.45) is 9.08. The standard InChI is InChI=1S/C30H39N3O5S2/c1-3-4-5-9-20-38-25-16-14-23(15-17-25)31-28(34)21-27-29(35)33(24-10-7-6-8-11-24)30(39-27)32-40(36,37)26-18-12-22(2)13-19-26/h12-19,24,27H,3-11,20-21H2,1-2H3,(H,31,34). The lowest BCUT2D eigenvalue weighted by atomic mass is 9.94. The van der Waals surface area contributed by atoms with Crippen LogP contribution in [-0.2, 0) is 19.6 Å². The number of anilines is 1. The Morgan fingerprint density at radius 2 is 1.73 bits per heavy atom. The summed E-state index contributed by atoms with van der Waals surface area (Å²) in [7, 11) is -4.01. The Morgan fingerprint density at radius 1 is 1.02 bits per heavy atom. The molecule has 2 aromatic carbocycles. The van der Waals surface area contributed by atoms with Crippen LogP contribution in [0.5, 0.6) is 5.75 Å². The molecule has 1 atom stereocenters. The molecule has 0 bridgehead atoms. The Kier molecular flexibility index (Phi) is 10.7. The lowest BCUT2D eigenvalue weighted by molar-refractivity contribution is -0.130. The summed E-state index contributed by atoms with van der Waals surface area (Å²) in [5.41, 5.74) is 1.55. The molecule has 216 valence electrons. The number of carbonyl (C=O) groups is 2. The second-order valence-corrected chi connectivity index (χ2v) is 13.2. The number of hydrogen-bond acceptors (Lipinski definition) is 6. The Morgan fingerprint density at radius 3 is 2.40 bits per heavy atom. The molecule has 10 heteroatoms. The summed E-state index contributed by atoms with van der Waals surface area (Å²) in [6, 6.07) is 13.6. The van der Waals surface area contributed by atoms with Gasteiger partial charge >= 0.3 is 0 Å². The predicted molar refractivity (Wildman–Crippen MR) is 160 cm³/mol. The van der Waals surface area contributed by atoms with E-state index in [4.69, 9.17) is 4.74 Å². The number of amidine groups is 1. The maximum absolute atomic E-state index is 13.5. The number of unbranched alkanes of at least 4 members (excludes halogenated alkanes) is 3. The molecule has 40 heavy (non-hydrogen) atoms. The Hall–Kier alpha value is -2.85. The van der Waals surface area contributed by atoms with E-state index >= 15 is 0 Å². The number of nitrogens with zero attached hydrogens (tertiary/aromatic N) is 2. The molecule has 1 aliphatic heterocycles. The normalized spacial score (nSPS) is 19.2. The Balaban J connectivity index is 1.42. The first-order valence-corrected chi connectivity index (χ1v) is 16.5. The zero-order valence-electron chi connectivity index (χ0n) is 23.3. The van der Waals surface area contributed by atoms with E-state index in [1.165, 1.54) is 25.0 Å². The van der Waals surface area contributed by atoms with E-state index in [1.54, 1.807) is 29.2 Å². The van der Waals surface area contributed by atoms with Crippen LogP contribution in [0.4, 0.5) is 5.69 Å². The van der Waals surface area contributed by atoms with Gasteiger partial charge in [0.05, 0.1) is 11.5 Å². The molecule has 4 rings (SSSR count). The number of ether oxygens (including phenoxy) is 1. The average molecular weight is 586 g/mol. The van der Waals surface area contributed by atoms with Gasteiger partial charge in [0, 0.05) is 18.2 Å². The van der Waals surface area contributed by atoms with Gasteiger partial charge in [-0.15, -0.1) is 4.40 Å². The van der Waals surface area contributed by atoms with E-state index < -0.39 is 15.3 Å². The molecular weight excluding hydrogens is 546 g/mol. The van der Waals surface area contributed by atoms with Crippen LogP contribution in [0.3, 0.4) is 0 Å². The van der Waals surface area contributed by atoms with Gasteiger partial charge in [0.15, 0.2) is 5.17 Å². The monoisotopic (exact) mass is 585 g/mol. The number of thioether (sulfide) groups is 1. The van der Waals surface area contributed by atoms with Gasteiger partial charge in [0.2, 0.25) is 11.8 Å². The second-order valence-electron chi connectivity index (χ2n) is 10.5. The first-order chi connectivity index (χ1) is 19.3. The van der Waals surface area contributed by atoms with Gasteiger partial charge in [-0.1, -0.05) is 74.9 Å². The van der Waals surface area contributed by atoms with Gasteiger partial charge < -0.3 is 10.1 Å². The SMILES string of the molecule is CCCCCCOc1ccc(NC(=O)CC2SC(=NS(=O)(=O)c3ccc(C)cc3)N(C3CCCCC3)C2=O)cc1. The summed E-state index contributed by atoms with van der Waals surface area (Å²) in [5, 5.41) is 2.28. The van der Waals surface area contributed by atoms with Crippen molar-refractivity contribution >= 4 is 44.5 Å². The summed E-state index contributed by atoms with van der Waals surface area (Å²) in [5.74, 6) is 0.178. The predicted octanol–water partition coefficient (Wildman–Crippen LogP) is 6.30. The van der Waals surface area contributed by atoms with E-state index in [0.717, 1.165) is 68.0 Å². The highest BCUT2D eigenvalue weighted by atomic mass is 32.2. The number of hydrogen-bond donors (Lipinski definition) is 1. The fourth-order valence-corrected chi connectivity index (χ4v) is 7.35. The third-order valence-corrected chi connectivity index (χ3v) is 9.75. The molecule has 1 saturated heterocycles. The maximum Gasteiger partial charge on any atom is 0.284 e. The van der Waals surface area contributed by atoms with E-state index in [2.05, 4.69) is 16.6 Å².